The van der Waals surface area contributed by atoms with E-state index in [1.165, 1.54) is 5.56 Å². The molecule has 0 bridgehead atoms. The van der Waals surface area contributed by atoms with Crippen molar-refractivity contribution in [1.29, 1.82) is 0 Å². The van der Waals surface area contributed by atoms with Crippen LogP contribution in [0.3, 0.4) is 0 Å². The molecule has 104 valence electrons. The van der Waals surface area contributed by atoms with E-state index in [-0.39, 0.29) is 11.9 Å². The lowest BCUT2D eigenvalue weighted by atomic mass is 10.1. The van der Waals surface area contributed by atoms with Crippen molar-refractivity contribution in [3.8, 4) is 0 Å². The van der Waals surface area contributed by atoms with E-state index in [0.717, 1.165) is 36.6 Å². The standard InChI is InChI=1S/C15H21BrN2O/c16-12-5-1-3-11(9-12)4-2-6-15(19)18-14-8-7-13(17)10-14/h1,3,5,9,13-14H,2,4,6-8,10,17H2,(H,18,19). The summed E-state index contributed by atoms with van der Waals surface area (Å²) in [7, 11) is 0. The molecular formula is C15H21BrN2O. The van der Waals surface area contributed by atoms with E-state index in [2.05, 4.69) is 33.4 Å². The van der Waals surface area contributed by atoms with Gasteiger partial charge in [0.15, 0.2) is 0 Å². The van der Waals surface area contributed by atoms with E-state index < -0.39 is 0 Å². The molecule has 0 aromatic heterocycles. The molecule has 0 radical (unpaired) electrons. The lowest BCUT2D eigenvalue weighted by molar-refractivity contribution is -0.121. The molecule has 1 fully saturated rings. The summed E-state index contributed by atoms with van der Waals surface area (Å²) < 4.78 is 1.09. The molecular weight excluding hydrogens is 304 g/mol. The van der Waals surface area contributed by atoms with Gasteiger partial charge in [-0.05, 0) is 49.8 Å². The van der Waals surface area contributed by atoms with Crippen LogP contribution in [0.25, 0.3) is 0 Å². The number of hydrogen-bond donors (Lipinski definition) is 2. The second-order valence-electron chi connectivity index (χ2n) is 5.32. The quantitative estimate of drug-likeness (QED) is 0.875. The number of hydrogen-bond acceptors (Lipinski definition) is 2. The molecule has 0 spiro atoms. The fraction of sp³-hybridized carbons (Fsp3) is 0.533. The van der Waals surface area contributed by atoms with Gasteiger partial charge >= 0.3 is 0 Å². The fourth-order valence-electron chi connectivity index (χ4n) is 2.59. The number of benzene rings is 1. The molecule has 2 unspecified atom stereocenters. The minimum Gasteiger partial charge on any atom is -0.353 e. The van der Waals surface area contributed by atoms with E-state index in [0.29, 0.717) is 12.5 Å². The summed E-state index contributed by atoms with van der Waals surface area (Å²) in [6, 6.07) is 8.81. The third-order valence-electron chi connectivity index (χ3n) is 3.60. The Bertz CT molecular complexity index is 436. The molecule has 1 amide bonds. The highest BCUT2D eigenvalue weighted by molar-refractivity contribution is 9.10. The average molecular weight is 325 g/mol. The van der Waals surface area contributed by atoms with Gasteiger partial charge in [0.2, 0.25) is 5.91 Å². The van der Waals surface area contributed by atoms with Crippen LogP contribution in [0.15, 0.2) is 28.7 Å². The Morgan fingerprint density at radius 1 is 1.42 bits per heavy atom. The largest absolute Gasteiger partial charge is 0.353 e. The minimum atomic E-state index is 0.161. The Kier molecular flexibility index (Phi) is 5.40. The Hall–Kier alpha value is -0.870. The van der Waals surface area contributed by atoms with Crippen LogP contribution in [0.1, 0.15) is 37.7 Å². The molecule has 1 aromatic rings. The summed E-state index contributed by atoms with van der Waals surface area (Å²) in [5.74, 6) is 0.161. The molecule has 1 aliphatic rings. The summed E-state index contributed by atoms with van der Waals surface area (Å²) >= 11 is 3.46. The summed E-state index contributed by atoms with van der Waals surface area (Å²) in [5, 5.41) is 3.08. The van der Waals surface area contributed by atoms with Gasteiger partial charge in [-0.25, -0.2) is 0 Å². The van der Waals surface area contributed by atoms with Gasteiger partial charge in [0, 0.05) is 23.0 Å². The van der Waals surface area contributed by atoms with Crippen LogP contribution in [0, 0.1) is 0 Å². The Morgan fingerprint density at radius 3 is 2.95 bits per heavy atom. The van der Waals surface area contributed by atoms with Crippen molar-refractivity contribution in [3.05, 3.63) is 34.3 Å². The van der Waals surface area contributed by atoms with Crippen molar-refractivity contribution in [3.63, 3.8) is 0 Å². The first-order chi connectivity index (χ1) is 9.13. The molecule has 0 saturated heterocycles. The maximum atomic E-state index is 11.8. The zero-order valence-corrected chi connectivity index (χ0v) is 12.7. The number of carbonyl (C=O) groups excluding carboxylic acids is 1. The Balaban J connectivity index is 1.66. The lowest BCUT2D eigenvalue weighted by Gasteiger charge is -2.12. The van der Waals surface area contributed by atoms with Crippen molar-refractivity contribution in [1.82, 2.24) is 5.32 Å². The SMILES string of the molecule is NC1CCC(NC(=O)CCCc2cccc(Br)c2)C1. The van der Waals surface area contributed by atoms with Crippen LogP contribution in [0.2, 0.25) is 0 Å². The summed E-state index contributed by atoms with van der Waals surface area (Å²) in [5.41, 5.74) is 7.10. The van der Waals surface area contributed by atoms with Gasteiger partial charge in [-0.2, -0.15) is 0 Å². The van der Waals surface area contributed by atoms with Crippen LogP contribution in [-0.4, -0.2) is 18.0 Å². The normalized spacial score (nSPS) is 22.4. The number of nitrogens with two attached hydrogens (primary N) is 1. The Morgan fingerprint density at radius 2 is 2.26 bits per heavy atom. The molecule has 0 aliphatic heterocycles. The molecule has 4 heteroatoms. The van der Waals surface area contributed by atoms with Gasteiger partial charge in [-0.15, -0.1) is 0 Å². The van der Waals surface area contributed by atoms with Crippen LogP contribution in [0.4, 0.5) is 0 Å². The van der Waals surface area contributed by atoms with Gasteiger partial charge in [-0.3, -0.25) is 4.79 Å². The predicted octanol–water partition coefficient (Wildman–Crippen LogP) is 2.77. The van der Waals surface area contributed by atoms with E-state index in [1.807, 2.05) is 12.1 Å². The van der Waals surface area contributed by atoms with Gasteiger partial charge in [0.05, 0.1) is 0 Å². The maximum Gasteiger partial charge on any atom is 0.220 e. The zero-order chi connectivity index (χ0) is 13.7. The van der Waals surface area contributed by atoms with Crippen molar-refractivity contribution < 1.29 is 4.79 Å². The second kappa shape index (κ2) is 7.06. The number of halogens is 1. The maximum absolute atomic E-state index is 11.8. The molecule has 2 rings (SSSR count). The first-order valence-corrected chi connectivity index (χ1v) is 7.72. The van der Waals surface area contributed by atoms with Gasteiger partial charge in [-0.1, -0.05) is 28.1 Å². The summed E-state index contributed by atoms with van der Waals surface area (Å²) in [6.07, 6.45) is 5.41. The summed E-state index contributed by atoms with van der Waals surface area (Å²) in [4.78, 5) is 11.8. The first-order valence-electron chi connectivity index (χ1n) is 6.93. The molecule has 3 nitrogen and oxygen atoms in total. The van der Waals surface area contributed by atoms with Gasteiger partial charge in [0.25, 0.3) is 0 Å². The van der Waals surface area contributed by atoms with Crippen molar-refractivity contribution in [2.75, 3.05) is 0 Å². The topological polar surface area (TPSA) is 55.1 Å². The average Bonchev–Trinajstić information content (AvgIpc) is 2.75. The van der Waals surface area contributed by atoms with E-state index in [1.54, 1.807) is 0 Å². The molecule has 1 aliphatic carbocycles. The van der Waals surface area contributed by atoms with Crippen molar-refractivity contribution in [2.45, 2.75) is 50.6 Å². The zero-order valence-electron chi connectivity index (χ0n) is 11.1. The highest BCUT2D eigenvalue weighted by Gasteiger charge is 2.22. The monoisotopic (exact) mass is 324 g/mol. The second-order valence-corrected chi connectivity index (χ2v) is 6.24. The third kappa shape index (κ3) is 4.96. The molecule has 3 N–H and O–H groups in total. The van der Waals surface area contributed by atoms with Gasteiger partial charge < -0.3 is 11.1 Å². The molecule has 2 atom stereocenters. The van der Waals surface area contributed by atoms with Gasteiger partial charge in [0.1, 0.15) is 0 Å². The number of aryl methyl sites for hydroxylation is 1. The molecule has 1 saturated carbocycles. The van der Waals surface area contributed by atoms with Crippen molar-refractivity contribution >= 4 is 21.8 Å². The third-order valence-corrected chi connectivity index (χ3v) is 4.09. The predicted molar refractivity (Wildman–Crippen MR) is 80.8 cm³/mol. The minimum absolute atomic E-state index is 0.161. The number of rotatable bonds is 5. The molecule has 1 aromatic carbocycles. The smallest absolute Gasteiger partial charge is 0.220 e. The number of amides is 1. The van der Waals surface area contributed by atoms with Crippen LogP contribution in [-0.2, 0) is 11.2 Å². The highest BCUT2D eigenvalue weighted by atomic mass is 79.9. The van der Waals surface area contributed by atoms with E-state index in [9.17, 15) is 4.79 Å². The lowest BCUT2D eigenvalue weighted by Crippen LogP contribution is -2.33. The molecule has 19 heavy (non-hydrogen) atoms. The van der Waals surface area contributed by atoms with E-state index >= 15 is 0 Å². The van der Waals surface area contributed by atoms with Crippen LogP contribution < -0.4 is 11.1 Å². The van der Waals surface area contributed by atoms with Crippen LogP contribution in [0.5, 0.6) is 0 Å². The number of carbonyl (C=O) groups is 1. The highest BCUT2D eigenvalue weighted by Crippen LogP contribution is 2.17. The summed E-state index contributed by atoms with van der Waals surface area (Å²) in [6.45, 7) is 0. The van der Waals surface area contributed by atoms with E-state index in [4.69, 9.17) is 5.73 Å². The first kappa shape index (κ1) is 14.5. The Labute approximate surface area is 123 Å². The molecule has 0 heterocycles. The number of nitrogens with one attached hydrogen (secondary N) is 1. The fourth-order valence-corrected chi connectivity index (χ4v) is 3.04. The van der Waals surface area contributed by atoms with Crippen molar-refractivity contribution in [2.24, 2.45) is 5.73 Å². The van der Waals surface area contributed by atoms with Crippen LogP contribution >= 0.6 is 15.9 Å².